The van der Waals surface area contributed by atoms with E-state index in [1.54, 1.807) is 0 Å². The molecule has 0 amide bonds. The number of rotatable bonds is 7. The lowest BCUT2D eigenvalue weighted by Gasteiger charge is -2.71. The van der Waals surface area contributed by atoms with Crippen molar-refractivity contribution in [3.8, 4) is 0 Å². The van der Waals surface area contributed by atoms with Crippen LogP contribution >= 0.6 is 0 Å². The second kappa shape index (κ2) is 10.1. The number of epoxide rings is 1. The van der Waals surface area contributed by atoms with Gasteiger partial charge in [-0.2, -0.15) is 0 Å². The van der Waals surface area contributed by atoms with E-state index in [9.17, 15) is 19.2 Å². The third-order valence-corrected chi connectivity index (χ3v) is 14.0. The minimum absolute atomic E-state index is 0.0266. The summed E-state index contributed by atoms with van der Waals surface area (Å²) >= 11 is 0. The van der Waals surface area contributed by atoms with Crippen molar-refractivity contribution in [3.63, 3.8) is 0 Å². The Labute approximate surface area is 252 Å². The van der Waals surface area contributed by atoms with E-state index in [4.69, 9.17) is 14.2 Å². The van der Waals surface area contributed by atoms with Gasteiger partial charge in [-0.3, -0.25) is 19.2 Å². The molecule has 5 aliphatic rings. The summed E-state index contributed by atoms with van der Waals surface area (Å²) in [4.78, 5) is 52.3. The molecule has 5 rings (SSSR count). The Bertz CT molecular complexity index is 1150. The number of hydrogen-bond acceptors (Lipinski definition) is 7. The highest BCUT2D eigenvalue weighted by atomic mass is 16.6. The van der Waals surface area contributed by atoms with E-state index in [0.29, 0.717) is 24.9 Å². The standard InChI is InChI=1S/C35H54O7/c1-21(2)35(20-41-35)27(38)18-34(19-40-22(3)36)17-16-32(8)24(29(34)39)10-11-26-31(7)14-13-28(42-23(4)37)30(5,6)25(31)12-15-33(26,32)9/h21,24-26,28H,10-20H2,1-9H3/t24-,25+,26-,28+,31+,32-,33-,34+,35?/m1/s1. The smallest absolute Gasteiger partial charge is 0.302 e. The SMILES string of the molecule is CC(=O)OC[C@@]1(CC(=O)C2(C(C)C)CO2)CC[C@]2(C)[C@H](CC[C@@H]3[C@@]4(C)CC[C@H](OC(C)=O)C(C)(C)[C@@H]4CC[C@]32C)C1=O. The predicted octanol–water partition coefficient (Wildman–Crippen LogP) is 6.49. The lowest BCUT2D eigenvalue weighted by Crippen LogP contribution is -2.67. The number of ketones is 2. The Morgan fingerprint density at radius 2 is 1.52 bits per heavy atom. The maximum Gasteiger partial charge on any atom is 0.302 e. The van der Waals surface area contributed by atoms with Crippen molar-refractivity contribution in [1.82, 2.24) is 0 Å². The quantitative estimate of drug-likeness (QED) is 0.248. The molecule has 4 saturated carbocycles. The van der Waals surface area contributed by atoms with E-state index < -0.39 is 17.0 Å². The highest BCUT2D eigenvalue weighted by molar-refractivity contribution is 5.98. The Morgan fingerprint density at radius 1 is 0.857 bits per heavy atom. The molecule has 9 atom stereocenters. The molecule has 1 heterocycles. The van der Waals surface area contributed by atoms with Crippen molar-refractivity contribution >= 4 is 23.5 Å². The van der Waals surface area contributed by atoms with Crippen molar-refractivity contribution in [2.45, 2.75) is 132 Å². The van der Waals surface area contributed by atoms with Gasteiger partial charge < -0.3 is 14.2 Å². The minimum Gasteiger partial charge on any atom is -0.465 e. The largest absolute Gasteiger partial charge is 0.465 e. The summed E-state index contributed by atoms with van der Waals surface area (Å²) in [6.07, 6.45) is 7.16. The highest BCUT2D eigenvalue weighted by Crippen LogP contribution is 2.74. The Kier molecular flexibility index (Phi) is 7.64. The van der Waals surface area contributed by atoms with Crippen LogP contribution in [0.3, 0.4) is 0 Å². The van der Waals surface area contributed by atoms with E-state index in [0.717, 1.165) is 44.9 Å². The molecule has 0 spiro atoms. The number of fused-ring (bicyclic) bond motifs is 5. The summed E-state index contributed by atoms with van der Waals surface area (Å²) in [5, 5.41) is 0. The Hall–Kier alpha value is -1.76. The molecule has 0 N–H and O–H groups in total. The van der Waals surface area contributed by atoms with Crippen LogP contribution in [0, 0.1) is 50.7 Å². The van der Waals surface area contributed by atoms with Gasteiger partial charge in [0.1, 0.15) is 18.5 Å². The molecule has 0 bridgehead atoms. The van der Waals surface area contributed by atoms with Gasteiger partial charge in [-0.25, -0.2) is 0 Å². The zero-order valence-corrected chi connectivity index (χ0v) is 27.5. The molecular weight excluding hydrogens is 532 g/mol. The minimum atomic E-state index is -0.991. The van der Waals surface area contributed by atoms with E-state index in [-0.39, 0.29) is 70.2 Å². The van der Waals surface area contributed by atoms with Crippen molar-refractivity contribution in [2.24, 2.45) is 50.7 Å². The van der Waals surface area contributed by atoms with Crippen LogP contribution in [0.4, 0.5) is 0 Å². The lowest BCUT2D eigenvalue weighted by atomic mass is 9.33. The second-order valence-electron chi connectivity index (χ2n) is 16.4. The Balaban J connectivity index is 1.45. The maximum atomic E-state index is 14.7. The fourth-order valence-electron chi connectivity index (χ4n) is 11.2. The molecular formula is C35H54O7. The van der Waals surface area contributed by atoms with E-state index in [2.05, 4.69) is 34.6 Å². The zero-order valence-electron chi connectivity index (χ0n) is 27.5. The molecule has 236 valence electrons. The van der Waals surface area contributed by atoms with Crippen molar-refractivity contribution in [3.05, 3.63) is 0 Å². The fraction of sp³-hybridized carbons (Fsp3) is 0.886. The molecule has 7 heteroatoms. The first-order valence-electron chi connectivity index (χ1n) is 16.4. The van der Waals surface area contributed by atoms with E-state index in [1.807, 2.05) is 13.8 Å². The first kappa shape index (κ1) is 31.7. The van der Waals surface area contributed by atoms with E-state index in [1.165, 1.54) is 13.8 Å². The van der Waals surface area contributed by atoms with Gasteiger partial charge in [-0.05, 0) is 85.4 Å². The van der Waals surface area contributed by atoms with Gasteiger partial charge in [0.2, 0.25) is 0 Å². The van der Waals surface area contributed by atoms with Gasteiger partial charge in [0.05, 0.1) is 12.0 Å². The Morgan fingerprint density at radius 3 is 2.10 bits per heavy atom. The van der Waals surface area contributed by atoms with E-state index >= 15 is 0 Å². The lowest BCUT2D eigenvalue weighted by molar-refractivity contribution is -0.237. The number of esters is 2. The first-order chi connectivity index (χ1) is 19.4. The van der Waals surface area contributed by atoms with Crippen LogP contribution in [0.5, 0.6) is 0 Å². The maximum absolute atomic E-state index is 14.7. The fourth-order valence-corrected chi connectivity index (χ4v) is 11.2. The third-order valence-electron chi connectivity index (χ3n) is 14.0. The molecule has 0 aromatic carbocycles. The molecule has 4 aliphatic carbocycles. The molecule has 42 heavy (non-hydrogen) atoms. The molecule has 0 aromatic rings. The molecule has 7 nitrogen and oxygen atoms in total. The van der Waals surface area contributed by atoms with Gasteiger partial charge in [0, 0.05) is 31.6 Å². The van der Waals surface area contributed by atoms with Crippen LogP contribution in [0.15, 0.2) is 0 Å². The summed E-state index contributed by atoms with van der Waals surface area (Å²) in [6.45, 7) is 19.1. The monoisotopic (exact) mass is 586 g/mol. The van der Waals surface area contributed by atoms with Crippen LogP contribution in [0.2, 0.25) is 0 Å². The van der Waals surface area contributed by atoms with Crippen LogP contribution < -0.4 is 0 Å². The average molecular weight is 587 g/mol. The van der Waals surface area contributed by atoms with Gasteiger partial charge in [0.15, 0.2) is 11.4 Å². The van der Waals surface area contributed by atoms with Gasteiger partial charge in [-0.1, -0.05) is 48.5 Å². The van der Waals surface area contributed by atoms with Gasteiger partial charge >= 0.3 is 11.9 Å². The third kappa shape index (κ3) is 4.44. The summed E-state index contributed by atoms with van der Waals surface area (Å²) in [6, 6.07) is 0. The second-order valence-corrected chi connectivity index (χ2v) is 16.4. The van der Waals surface area contributed by atoms with Gasteiger partial charge in [0.25, 0.3) is 0 Å². The molecule has 5 fully saturated rings. The van der Waals surface area contributed by atoms with Crippen molar-refractivity contribution < 1.29 is 33.4 Å². The van der Waals surface area contributed by atoms with Crippen LogP contribution in [-0.2, 0) is 33.4 Å². The molecule has 1 unspecified atom stereocenters. The number of carbonyl (C=O) groups is 4. The van der Waals surface area contributed by atoms with Crippen molar-refractivity contribution in [2.75, 3.05) is 13.2 Å². The zero-order chi connectivity index (χ0) is 31.1. The molecule has 1 aliphatic heterocycles. The number of carbonyl (C=O) groups excluding carboxylic acids is 4. The van der Waals surface area contributed by atoms with Crippen LogP contribution in [0.1, 0.15) is 120 Å². The van der Waals surface area contributed by atoms with Crippen LogP contribution in [0.25, 0.3) is 0 Å². The average Bonchev–Trinajstić information content (AvgIpc) is 3.70. The summed E-state index contributed by atoms with van der Waals surface area (Å²) in [5.74, 6) is 0.237. The normalized spacial score (nSPS) is 45.7. The van der Waals surface area contributed by atoms with Gasteiger partial charge in [-0.15, -0.1) is 0 Å². The predicted molar refractivity (Wildman–Crippen MR) is 158 cm³/mol. The summed E-state index contributed by atoms with van der Waals surface area (Å²) < 4.78 is 17.1. The topological polar surface area (TPSA) is 99.3 Å². The molecule has 0 aromatic heterocycles. The number of Topliss-reactive ketones (excluding diaryl/α,β-unsaturated/α-hetero) is 2. The van der Waals surface area contributed by atoms with Crippen LogP contribution in [-0.4, -0.2) is 48.4 Å². The van der Waals surface area contributed by atoms with Crippen molar-refractivity contribution in [1.29, 1.82) is 0 Å². The number of ether oxygens (including phenoxy) is 3. The highest BCUT2D eigenvalue weighted by Gasteiger charge is 2.70. The first-order valence-corrected chi connectivity index (χ1v) is 16.4. The molecule has 0 radical (unpaired) electrons. The summed E-state index contributed by atoms with van der Waals surface area (Å²) in [5.41, 5.74) is -2.05. The number of hydrogen-bond donors (Lipinski definition) is 0. The molecule has 1 saturated heterocycles. The summed E-state index contributed by atoms with van der Waals surface area (Å²) in [7, 11) is 0.